The molecule has 0 saturated carbocycles. The van der Waals surface area contributed by atoms with Gasteiger partial charge in [-0.15, -0.1) is 0 Å². The Balaban J connectivity index is 1.84. The predicted octanol–water partition coefficient (Wildman–Crippen LogP) is 3.30. The lowest BCUT2D eigenvalue weighted by atomic mass is 10.1. The summed E-state index contributed by atoms with van der Waals surface area (Å²) in [5.74, 6) is -0.164. The third kappa shape index (κ3) is 4.81. The first-order chi connectivity index (χ1) is 11.2. The Bertz CT molecular complexity index is 525. The van der Waals surface area contributed by atoms with Crippen LogP contribution in [0, 0.1) is 5.92 Å². The van der Waals surface area contributed by atoms with E-state index in [2.05, 4.69) is 19.2 Å². The number of hydrogen-bond donors (Lipinski definition) is 1. The van der Waals surface area contributed by atoms with Gasteiger partial charge in [-0.3, -0.25) is 9.59 Å². The Morgan fingerprint density at radius 1 is 1.17 bits per heavy atom. The fourth-order valence-electron chi connectivity index (χ4n) is 2.95. The second kappa shape index (κ2) is 8.70. The maximum absolute atomic E-state index is 12.2. The molecule has 2 rings (SSSR count). The van der Waals surface area contributed by atoms with Gasteiger partial charge in [0.05, 0.1) is 5.92 Å². The van der Waals surface area contributed by atoms with Gasteiger partial charge in [-0.1, -0.05) is 45.2 Å². The number of carbonyl (C=O) groups excluding carboxylic acids is 2. The van der Waals surface area contributed by atoms with Gasteiger partial charge in [0.2, 0.25) is 11.8 Å². The molecule has 1 saturated heterocycles. The van der Waals surface area contributed by atoms with Crippen LogP contribution in [0.1, 0.15) is 51.5 Å². The van der Waals surface area contributed by atoms with Crippen LogP contribution in [0.25, 0.3) is 0 Å². The number of unbranched alkanes of at least 4 members (excludes halogenated alkanes) is 3. The molecule has 1 aromatic carbocycles. The lowest BCUT2D eigenvalue weighted by Gasteiger charge is -2.17. The summed E-state index contributed by atoms with van der Waals surface area (Å²) in [6, 6.07) is 8.04. The minimum atomic E-state index is -0.223. The van der Waals surface area contributed by atoms with Crippen LogP contribution in [-0.4, -0.2) is 24.9 Å². The van der Waals surface area contributed by atoms with Crippen LogP contribution >= 0.6 is 0 Å². The fourth-order valence-corrected chi connectivity index (χ4v) is 2.95. The van der Waals surface area contributed by atoms with E-state index in [1.807, 2.05) is 24.3 Å². The molecule has 0 spiro atoms. The lowest BCUT2D eigenvalue weighted by molar-refractivity contribution is -0.126. The van der Waals surface area contributed by atoms with Gasteiger partial charge in [-0.2, -0.15) is 0 Å². The Hall–Kier alpha value is -1.84. The van der Waals surface area contributed by atoms with Crippen LogP contribution in [-0.2, 0) is 16.0 Å². The molecule has 23 heavy (non-hydrogen) atoms. The number of anilines is 1. The van der Waals surface area contributed by atoms with E-state index in [1.54, 1.807) is 4.90 Å². The van der Waals surface area contributed by atoms with Crippen LogP contribution in [0.15, 0.2) is 24.3 Å². The molecule has 1 aromatic rings. The molecule has 0 aromatic heterocycles. The standard InChI is InChI=1S/C19H28N2O2/c1-3-5-6-7-12-20-19(23)16-13-18(22)21(14-16)17-10-8-15(4-2)9-11-17/h8-11,16H,3-7,12-14H2,1-2H3,(H,20,23)/t16-/m1/s1. The summed E-state index contributed by atoms with van der Waals surface area (Å²) in [6.07, 6.45) is 5.86. The molecule has 1 aliphatic heterocycles. The van der Waals surface area contributed by atoms with Gasteiger partial charge in [0, 0.05) is 25.2 Å². The van der Waals surface area contributed by atoms with E-state index in [4.69, 9.17) is 0 Å². The van der Waals surface area contributed by atoms with Crippen LogP contribution < -0.4 is 10.2 Å². The van der Waals surface area contributed by atoms with Crippen molar-refractivity contribution < 1.29 is 9.59 Å². The first-order valence-corrected chi connectivity index (χ1v) is 8.82. The zero-order valence-corrected chi connectivity index (χ0v) is 14.3. The molecule has 126 valence electrons. The van der Waals surface area contributed by atoms with Gasteiger partial charge < -0.3 is 10.2 Å². The number of nitrogens with one attached hydrogen (secondary N) is 1. The average molecular weight is 316 g/mol. The fraction of sp³-hybridized carbons (Fsp3) is 0.579. The molecule has 2 amide bonds. The first kappa shape index (κ1) is 17.5. The van der Waals surface area contributed by atoms with Crippen LogP contribution in [0.4, 0.5) is 5.69 Å². The molecule has 4 nitrogen and oxygen atoms in total. The maximum Gasteiger partial charge on any atom is 0.227 e. The Morgan fingerprint density at radius 2 is 1.91 bits per heavy atom. The molecule has 0 radical (unpaired) electrons. The van der Waals surface area contributed by atoms with Crippen LogP contribution in [0.5, 0.6) is 0 Å². The van der Waals surface area contributed by atoms with E-state index in [9.17, 15) is 9.59 Å². The molecule has 1 atom stereocenters. The number of hydrogen-bond acceptors (Lipinski definition) is 2. The Morgan fingerprint density at radius 3 is 2.57 bits per heavy atom. The van der Waals surface area contributed by atoms with Crippen LogP contribution in [0.3, 0.4) is 0 Å². The second-order valence-electron chi connectivity index (χ2n) is 6.28. The number of carbonyl (C=O) groups is 2. The Labute approximate surface area is 139 Å². The van der Waals surface area contributed by atoms with Crippen molar-refractivity contribution >= 4 is 17.5 Å². The zero-order valence-electron chi connectivity index (χ0n) is 14.3. The summed E-state index contributed by atoms with van der Waals surface area (Å²) in [4.78, 5) is 26.2. The molecular weight excluding hydrogens is 288 g/mol. The lowest BCUT2D eigenvalue weighted by Crippen LogP contribution is -2.33. The van der Waals surface area contributed by atoms with Crippen LogP contribution in [0.2, 0.25) is 0 Å². The minimum Gasteiger partial charge on any atom is -0.356 e. The zero-order chi connectivity index (χ0) is 16.7. The van der Waals surface area contributed by atoms with E-state index in [0.717, 1.165) is 24.9 Å². The molecule has 0 aliphatic carbocycles. The van der Waals surface area contributed by atoms with Crippen molar-refractivity contribution in [2.24, 2.45) is 5.92 Å². The van der Waals surface area contributed by atoms with Crippen molar-refractivity contribution in [2.45, 2.75) is 52.4 Å². The summed E-state index contributed by atoms with van der Waals surface area (Å²) < 4.78 is 0. The number of benzene rings is 1. The van der Waals surface area contributed by atoms with Gasteiger partial charge >= 0.3 is 0 Å². The van der Waals surface area contributed by atoms with E-state index >= 15 is 0 Å². The molecule has 0 bridgehead atoms. The van der Waals surface area contributed by atoms with Gasteiger partial charge in [-0.05, 0) is 30.5 Å². The molecule has 4 heteroatoms. The summed E-state index contributed by atoms with van der Waals surface area (Å²) >= 11 is 0. The largest absolute Gasteiger partial charge is 0.356 e. The quantitative estimate of drug-likeness (QED) is 0.748. The van der Waals surface area contributed by atoms with Crippen molar-refractivity contribution in [2.75, 3.05) is 18.0 Å². The molecule has 1 fully saturated rings. The van der Waals surface area contributed by atoms with Crippen molar-refractivity contribution in [3.63, 3.8) is 0 Å². The monoisotopic (exact) mass is 316 g/mol. The summed E-state index contributed by atoms with van der Waals surface area (Å²) in [5, 5.41) is 2.98. The smallest absolute Gasteiger partial charge is 0.227 e. The summed E-state index contributed by atoms with van der Waals surface area (Å²) in [5.41, 5.74) is 2.15. The highest BCUT2D eigenvalue weighted by Crippen LogP contribution is 2.25. The van der Waals surface area contributed by atoms with Crippen molar-refractivity contribution in [1.29, 1.82) is 0 Å². The van der Waals surface area contributed by atoms with Crippen molar-refractivity contribution in [3.05, 3.63) is 29.8 Å². The highest BCUT2D eigenvalue weighted by Gasteiger charge is 2.34. The second-order valence-corrected chi connectivity index (χ2v) is 6.28. The third-order valence-electron chi connectivity index (χ3n) is 4.48. The molecule has 1 aliphatic rings. The maximum atomic E-state index is 12.2. The van der Waals surface area contributed by atoms with Crippen molar-refractivity contribution in [1.82, 2.24) is 5.32 Å². The summed E-state index contributed by atoms with van der Waals surface area (Å²) in [6.45, 7) is 5.49. The normalized spacial score (nSPS) is 17.6. The number of amides is 2. The minimum absolute atomic E-state index is 0.0162. The predicted molar refractivity (Wildman–Crippen MR) is 93.4 cm³/mol. The average Bonchev–Trinajstić information content (AvgIpc) is 2.96. The molecule has 1 heterocycles. The summed E-state index contributed by atoms with van der Waals surface area (Å²) in [7, 11) is 0. The van der Waals surface area contributed by atoms with Gasteiger partial charge in [-0.25, -0.2) is 0 Å². The Kier molecular flexibility index (Phi) is 6.63. The first-order valence-electron chi connectivity index (χ1n) is 8.82. The van der Waals surface area contributed by atoms with E-state index in [-0.39, 0.29) is 17.7 Å². The van der Waals surface area contributed by atoms with E-state index in [0.29, 0.717) is 19.5 Å². The molecule has 0 unspecified atom stereocenters. The van der Waals surface area contributed by atoms with Gasteiger partial charge in [0.1, 0.15) is 0 Å². The van der Waals surface area contributed by atoms with Gasteiger partial charge in [0.25, 0.3) is 0 Å². The third-order valence-corrected chi connectivity index (χ3v) is 4.48. The van der Waals surface area contributed by atoms with Gasteiger partial charge in [0.15, 0.2) is 0 Å². The molecular formula is C19H28N2O2. The highest BCUT2D eigenvalue weighted by atomic mass is 16.2. The van der Waals surface area contributed by atoms with E-state index in [1.165, 1.54) is 18.4 Å². The number of rotatable bonds is 8. The number of aryl methyl sites for hydroxylation is 1. The number of nitrogens with zero attached hydrogens (tertiary/aromatic N) is 1. The topological polar surface area (TPSA) is 49.4 Å². The van der Waals surface area contributed by atoms with Crippen molar-refractivity contribution in [3.8, 4) is 0 Å². The van der Waals surface area contributed by atoms with E-state index < -0.39 is 0 Å². The molecule has 1 N–H and O–H groups in total. The highest BCUT2D eigenvalue weighted by molar-refractivity contribution is 6.00. The SMILES string of the molecule is CCCCCCNC(=O)[C@@H]1CC(=O)N(c2ccc(CC)cc2)C1.